The Morgan fingerprint density at radius 2 is 1.62 bits per heavy atom. The lowest BCUT2D eigenvalue weighted by molar-refractivity contribution is 0.0927. The summed E-state index contributed by atoms with van der Waals surface area (Å²) < 4.78 is 20.6. The molecule has 1 heterocycles. The lowest BCUT2D eigenvalue weighted by Crippen LogP contribution is -2.24. The van der Waals surface area contributed by atoms with Crippen LogP contribution in [0.3, 0.4) is 0 Å². The summed E-state index contributed by atoms with van der Waals surface area (Å²) in [5.74, 6) is 1.11. The van der Waals surface area contributed by atoms with Crippen LogP contribution in [0.15, 0.2) is 78.9 Å². The fraction of sp³-hybridized carbons (Fsp3) is 0.174. The molecule has 4 aromatic rings. The van der Waals surface area contributed by atoms with Gasteiger partial charge >= 0.3 is 0 Å². The minimum absolute atomic E-state index is 0. The van der Waals surface area contributed by atoms with Gasteiger partial charge in [-0.2, -0.15) is 0 Å². The number of nitrogens with zero attached hydrogens (tertiary/aromatic N) is 2. The zero-order chi connectivity index (χ0) is 19.3. The van der Waals surface area contributed by atoms with E-state index in [0.717, 1.165) is 22.4 Å². The van der Waals surface area contributed by atoms with Crippen LogP contribution in [0.2, 0.25) is 0 Å². The Bertz CT molecular complexity index is 1050. The van der Waals surface area contributed by atoms with Crippen LogP contribution >= 0.6 is 12.4 Å². The number of para-hydroxylation sites is 2. The van der Waals surface area contributed by atoms with E-state index in [4.69, 9.17) is 9.72 Å². The molecule has 4 nitrogen and oxygen atoms in total. The average molecular weight is 413 g/mol. The van der Waals surface area contributed by atoms with E-state index in [1.165, 1.54) is 12.1 Å². The fourth-order valence-corrected chi connectivity index (χ4v) is 3.23. The third kappa shape index (κ3) is 5.13. The van der Waals surface area contributed by atoms with Crippen molar-refractivity contribution in [3.63, 3.8) is 0 Å². The van der Waals surface area contributed by atoms with Crippen LogP contribution in [0, 0.1) is 5.82 Å². The van der Waals surface area contributed by atoms with Crippen LogP contribution in [0.25, 0.3) is 11.0 Å². The molecule has 0 saturated heterocycles. The summed E-state index contributed by atoms with van der Waals surface area (Å²) in [6.45, 7) is 0.479. The predicted molar refractivity (Wildman–Crippen MR) is 114 cm³/mol. The van der Waals surface area contributed by atoms with E-state index in [0.29, 0.717) is 18.7 Å². The molecule has 29 heavy (non-hydrogen) atoms. The Labute approximate surface area is 175 Å². The van der Waals surface area contributed by atoms with Crippen LogP contribution in [0.1, 0.15) is 11.4 Å². The summed E-state index contributed by atoms with van der Waals surface area (Å²) in [5, 5.41) is 10.5. The molecule has 0 radical (unpaired) electrons. The third-order valence-electron chi connectivity index (χ3n) is 4.59. The number of aromatic nitrogens is 2. The molecular formula is C23H22ClFN2O2. The van der Waals surface area contributed by atoms with Gasteiger partial charge < -0.3 is 14.4 Å². The molecule has 0 fully saturated rings. The highest BCUT2D eigenvalue weighted by atomic mass is 35.5. The Kier molecular flexibility index (Phi) is 6.86. The van der Waals surface area contributed by atoms with Gasteiger partial charge in [-0.25, -0.2) is 9.37 Å². The van der Waals surface area contributed by atoms with Crippen LogP contribution in [0.5, 0.6) is 5.75 Å². The Morgan fingerprint density at radius 1 is 0.931 bits per heavy atom. The maximum atomic E-state index is 13.0. The maximum absolute atomic E-state index is 13.0. The standard InChI is InChI=1S/C23H21FN2O2.ClH/c24-18-10-12-20(13-11-18)28-16-19(27)15-26-22-9-5-4-8-21(22)25-23(26)14-17-6-2-1-3-7-17;/h1-13,19,27H,14-16H2;1H. The number of hydrogen-bond acceptors (Lipinski definition) is 3. The molecule has 1 atom stereocenters. The second-order valence-corrected chi connectivity index (χ2v) is 6.71. The van der Waals surface area contributed by atoms with Gasteiger partial charge in [0, 0.05) is 6.42 Å². The Morgan fingerprint density at radius 3 is 2.38 bits per heavy atom. The van der Waals surface area contributed by atoms with E-state index in [1.54, 1.807) is 12.1 Å². The lowest BCUT2D eigenvalue weighted by atomic mass is 10.1. The number of aliphatic hydroxyl groups excluding tert-OH is 1. The van der Waals surface area contributed by atoms with Crippen molar-refractivity contribution in [2.24, 2.45) is 0 Å². The van der Waals surface area contributed by atoms with Crippen molar-refractivity contribution < 1.29 is 14.2 Å². The minimum Gasteiger partial charge on any atom is -0.491 e. The molecule has 6 heteroatoms. The average Bonchev–Trinajstić information content (AvgIpc) is 3.05. The topological polar surface area (TPSA) is 47.3 Å². The highest BCUT2D eigenvalue weighted by Crippen LogP contribution is 2.19. The van der Waals surface area contributed by atoms with E-state index >= 15 is 0 Å². The molecule has 0 aliphatic carbocycles. The number of halogens is 2. The quantitative estimate of drug-likeness (QED) is 0.481. The molecule has 0 saturated carbocycles. The van der Waals surface area contributed by atoms with Crippen LogP contribution < -0.4 is 4.74 Å². The Hall–Kier alpha value is -2.89. The number of ether oxygens (including phenoxy) is 1. The smallest absolute Gasteiger partial charge is 0.123 e. The van der Waals surface area contributed by atoms with Crippen molar-refractivity contribution in [3.8, 4) is 5.75 Å². The van der Waals surface area contributed by atoms with Gasteiger partial charge in [-0.15, -0.1) is 12.4 Å². The third-order valence-corrected chi connectivity index (χ3v) is 4.59. The van der Waals surface area contributed by atoms with E-state index in [-0.39, 0.29) is 24.8 Å². The number of rotatable bonds is 7. The molecular weight excluding hydrogens is 391 g/mol. The molecule has 0 amide bonds. The summed E-state index contributed by atoms with van der Waals surface area (Å²) in [4.78, 5) is 4.76. The summed E-state index contributed by atoms with van der Waals surface area (Å²) in [6.07, 6.45) is -0.0432. The molecule has 4 rings (SSSR count). The largest absolute Gasteiger partial charge is 0.491 e. The van der Waals surface area contributed by atoms with Crippen molar-refractivity contribution in [2.45, 2.75) is 19.1 Å². The second-order valence-electron chi connectivity index (χ2n) is 6.71. The van der Waals surface area contributed by atoms with E-state index in [2.05, 4.69) is 12.1 Å². The monoisotopic (exact) mass is 412 g/mol. The van der Waals surface area contributed by atoms with Gasteiger partial charge in [-0.3, -0.25) is 0 Å². The highest BCUT2D eigenvalue weighted by molar-refractivity contribution is 5.85. The van der Waals surface area contributed by atoms with Gasteiger partial charge in [0.05, 0.1) is 17.6 Å². The normalized spacial score (nSPS) is 11.8. The summed E-state index contributed by atoms with van der Waals surface area (Å²) in [6, 6.07) is 23.8. The van der Waals surface area contributed by atoms with E-state index < -0.39 is 6.10 Å². The SMILES string of the molecule is Cl.OC(COc1ccc(F)cc1)Cn1c(Cc2ccccc2)nc2ccccc21. The zero-order valence-corrected chi connectivity index (χ0v) is 16.6. The van der Waals surface area contributed by atoms with E-state index in [1.807, 2.05) is 47.0 Å². The van der Waals surface area contributed by atoms with Gasteiger partial charge in [0.2, 0.25) is 0 Å². The number of benzene rings is 3. The van der Waals surface area contributed by atoms with Gasteiger partial charge in [0.1, 0.15) is 30.1 Å². The first-order chi connectivity index (χ1) is 13.7. The molecule has 0 aliphatic rings. The number of aliphatic hydroxyl groups is 1. The lowest BCUT2D eigenvalue weighted by Gasteiger charge is -2.16. The van der Waals surface area contributed by atoms with Gasteiger partial charge in [0.25, 0.3) is 0 Å². The maximum Gasteiger partial charge on any atom is 0.123 e. The molecule has 1 aromatic heterocycles. The first-order valence-corrected chi connectivity index (χ1v) is 9.23. The summed E-state index contributed by atoms with van der Waals surface area (Å²) in [7, 11) is 0. The van der Waals surface area contributed by atoms with Crippen LogP contribution in [-0.4, -0.2) is 27.4 Å². The molecule has 0 aliphatic heterocycles. The second kappa shape index (κ2) is 9.54. The van der Waals surface area contributed by atoms with Gasteiger partial charge in [-0.1, -0.05) is 42.5 Å². The molecule has 0 spiro atoms. The van der Waals surface area contributed by atoms with Crippen molar-refractivity contribution in [2.75, 3.05) is 6.61 Å². The van der Waals surface area contributed by atoms with Gasteiger partial charge in [-0.05, 0) is 42.0 Å². The molecule has 150 valence electrons. The molecule has 3 aromatic carbocycles. The first-order valence-electron chi connectivity index (χ1n) is 9.23. The number of hydrogen-bond donors (Lipinski definition) is 1. The van der Waals surface area contributed by atoms with Gasteiger partial charge in [0.15, 0.2) is 0 Å². The first kappa shape index (κ1) is 20.8. The van der Waals surface area contributed by atoms with Crippen LogP contribution in [-0.2, 0) is 13.0 Å². The highest BCUT2D eigenvalue weighted by Gasteiger charge is 2.15. The fourth-order valence-electron chi connectivity index (χ4n) is 3.23. The van der Waals surface area contributed by atoms with Crippen LogP contribution in [0.4, 0.5) is 4.39 Å². The summed E-state index contributed by atoms with van der Waals surface area (Å²) >= 11 is 0. The minimum atomic E-state index is -0.725. The number of imidazole rings is 1. The Balaban J connectivity index is 0.00000240. The zero-order valence-electron chi connectivity index (χ0n) is 15.7. The van der Waals surface area contributed by atoms with Crippen molar-refractivity contribution >= 4 is 23.4 Å². The van der Waals surface area contributed by atoms with E-state index in [9.17, 15) is 9.50 Å². The molecule has 1 N–H and O–H groups in total. The van der Waals surface area contributed by atoms with Crippen molar-refractivity contribution in [1.29, 1.82) is 0 Å². The summed E-state index contributed by atoms with van der Waals surface area (Å²) in [5.41, 5.74) is 3.05. The molecule has 1 unspecified atom stereocenters. The van der Waals surface area contributed by atoms with Crippen molar-refractivity contribution in [3.05, 3.63) is 96.1 Å². The molecule has 0 bridgehead atoms. The number of fused-ring (bicyclic) bond motifs is 1. The predicted octanol–water partition coefficient (Wildman–Crippen LogP) is 4.63. The van der Waals surface area contributed by atoms with Crippen molar-refractivity contribution in [1.82, 2.24) is 9.55 Å².